The number of carbonyl (C=O) groups excluding carboxylic acids is 1. The summed E-state index contributed by atoms with van der Waals surface area (Å²) in [4.78, 5) is 17.5. The van der Waals surface area contributed by atoms with E-state index < -0.39 is 0 Å². The van der Waals surface area contributed by atoms with Crippen molar-refractivity contribution in [2.75, 3.05) is 5.32 Å². The first kappa shape index (κ1) is 18.4. The van der Waals surface area contributed by atoms with Crippen LogP contribution >= 0.6 is 11.6 Å². The van der Waals surface area contributed by atoms with Crippen LogP contribution in [0.1, 0.15) is 44.9 Å². The van der Waals surface area contributed by atoms with Crippen LogP contribution in [0.2, 0.25) is 5.02 Å². The van der Waals surface area contributed by atoms with Crippen molar-refractivity contribution in [2.45, 2.75) is 44.9 Å². The largest absolute Gasteiger partial charge is 0.436 e. The zero-order valence-corrected chi connectivity index (χ0v) is 17.6. The summed E-state index contributed by atoms with van der Waals surface area (Å²) >= 11 is 6.43. The molecule has 4 fully saturated rings. The van der Waals surface area contributed by atoms with Gasteiger partial charge in [-0.05, 0) is 92.0 Å². The number of oxazole rings is 1. The van der Waals surface area contributed by atoms with Gasteiger partial charge in [-0.15, -0.1) is 0 Å². The van der Waals surface area contributed by atoms with Crippen LogP contribution in [0.25, 0.3) is 22.6 Å². The number of fused-ring (bicyclic) bond motifs is 1. The van der Waals surface area contributed by atoms with Crippen LogP contribution in [-0.2, 0) is 4.79 Å². The highest BCUT2D eigenvalue weighted by atomic mass is 35.5. The third-order valence-corrected chi connectivity index (χ3v) is 7.80. The first-order chi connectivity index (χ1) is 14.6. The minimum absolute atomic E-state index is 0.114. The van der Waals surface area contributed by atoms with E-state index in [-0.39, 0.29) is 11.3 Å². The number of anilines is 1. The summed E-state index contributed by atoms with van der Waals surface area (Å²) in [6.07, 6.45) is 8.53. The highest BCUT2D eigenvalue weighted by molar-refractivity contribution is 6.33. The molecule has 0 unspecified atom stereocenters. The fourth-order valence-electron chi connectivity index (χ4n) is 6.81. The van der Waals surface area contributed by atoms with Gasteiger partial charge in [0.25, 0.3) is 0 Å². The van der Waals surface area contributed by atoms with E-state index in [1.54, 1.807) is 6.07 Å². The van der Waals surface area contributed by atoms with Gasteiger partial charge in [0, 0.05) is 12.1 Å². The van der Waals surface area contributed by atoms with Crippen LogP contribution in [0, 0.1) is 23.2 Å². The average molecular weight is 421 g/mol. The van der Waals surface area contributed by atoms with Gasteiger partial charge in [0.05, 0.1) is 10.6 Å². The monoisotopic (exact) mass is 420 g/mol. The van der Waals surface area contributed by atoms with E-state index >= 15 is 0 Å². The maximum atomic E-state index is 13.0. The lowest BCUT2D eigenvalue weighted by atomic mass is 9.49. The number of halogens is 1. The van der Waals surface area contributed by atoms with Crippen molar-refractivity contribution in [3.63, 3.8) is 0 Å². The summed E-state index contributed by atoms with van der Waals surface area (Å²) in [5.41, 5.74) is 3.18. The summed E-state index contributed by atoms with van der Waals surface area (Å²) in [5, 5.41) is 3.68. The molecule has 1 N–H and O–H groups in total. The van der Waals surface area contributed by atoms with Crippen molar-refractivity contribution in [1.29, 1.82) is 0 Å². The van der Waals surface area contributed by atoms with Crippen LogP contribution in [0.15, 0.2) is 46.9 Å². The van der Waals surface area contributed by atoms with Gasteiger partial charge in [0.15, 0.2) is 5.58 Å². The lowest BCUT2D eigenvalue weighted by Gasteiger charge is -2.56. The third kappa shape index (κ3) is 3.22. The van der Waals surface area contributed by atoms with Gasteiger partial charge in [-0.2, -0.15) is 0 Å². The molecule has 7 rings (SSSR count). The maximum absolute atomic E-state index is 13.0. The molecule has 4 aliphatic carbocycles. The molecule has 30 heavy (non-hydrogen) atoms. The minimum atomic E-state index is 0.114. The molecule has 1 amide bonds. The molecule has 4 saturated carbocycles. The van der Waals surface area contributed by atoms with Crippen LogP contribution < -0.4 is 5.32 Å². The molecule has 0 aliphatic heterocycles. The molecule has 5 heteroatoms. The van der Waals surface area contributed by atoms with Gasteiger partial charge in [-0.3, -0.25) is 4.79 Å². The zero-order valence-electron chi connectivity index (χ0n) is 16.9. The van der Waals surface area contributed by atoms with Crippen LogP contribution in [0.4, 0.5) is 5.69 Å². The Balaban J connectivity index is 1.22. The Morgan fingerprint density at radius 2 is 1.77 bits per heavy atom. The molecular formula is C25H25ClN2O2. The second kappa shape index (κ2) is 6.84. The third-order valence-electron chi connectivity index (χ3n) is 7.48. The van der Waals surface area contributed by atoms with Crippen LogP contribution in [-0.4, -0.2) is 10.9 Å². The SMILES string of the molecule is O=C(CC12CC3CC(CC(C3)C1)C2)Nc1ccc(Cl)c(-c2nc3ccccc3o2)c1. The normalized spacial score (nSPS) is 29.4. The quantitative estimate of drug-likeness (QED) is 0.511. The fraction of sp³-hybridized carbons (Fsp3) is 0.440. The Hall–Kier alpha value is -2.33. The number of amides is 1. The molecule has 0 radical (unpaired) electrons. The smallest absolute Gasteiger partial charge is 0.228 e. The fourth-order valence-corrected chi connectivity index (χ4v) is 7.01. The molecule has 0 atom stereocenters. The number of para-hydroxylation sites is 2. The Bertz CT molecular complexity index is 1070. The van der Waals surface area contributed by atoms with Gasteiger partial charge in [0.1, 0.15) is 5.52 Å². The standard InChI is InChI=1S/C25H25ClN2O2/c26-20-6-5-18(10-19(20)24-28-21-3-1-2-4-22(21)30-24)27-23(29)14-25-11-15-7-16(12-25)9-17(8-15)13-25/h1-6,10,15-17H,7-9,11-14H2,(H,27,29). The number of nitrogens with one attached hydrogen (secondary N) is 1. The number of hydrogen-bond acceptors (Lipinski definition) is 3. The number of benzene rings is 2. The first-order valence-electron chi connectivity index (χ1n) is 11.0. The molecule has 0 spiro atoms. The topological polar surface area (TPSA) is 55.1 Å². The van der Waals surface area contributed by atoms with Crippen LogP contribution in [0.5, 0.6) is 0 Å². The number of nitrogens with zero attached hydrogens (tertiary/aromatic N) is 1. The second-order valence-electron chi connectivity index (χ2n) is 9.82. The molecule has 0 saturated heterocycles. The van der Waals surface area contributed by atoms with Crippen molar-refractivity contribution in [3.8, 4) is 11.5 Å². The molecule has 4 aliphatic rings. The summed E-state index contributed by atoms with van der Waals surface area (Å²) in [7, 11) is 0. The Labute approximate surface area is 181 Å². The van der Waals surface area contributed by atoms with E-state index in [1.165, 1.54) is 38.5 Å². The summed E-state index contributed by atoms with van der Waals surface area (Å²) < 4.78 is 5.88. The van der Waals surface area contributed by atoms with Crippen molar-refractivity contribution >= 4 is 34.3 Å². The van der Waals surface area contributed by atoms with E-state index in [0.29, 0.717) is 22.9 Å². The molecule has 4 bridgehead atoms. The van der Waals surface area contributed by atoms with Gasteiger partial charge in [-0.1, -0.05) is 23.7 Å². The van der Waals surface area contributed by atoms with E-state index in [0.717, 1.165) is 34.5 Å². The summed E-state index contributed by atoms with van der Waals surface area (Å²) in [6.45, 7) is 0. The van der Waals surface area contributed by atoms with E-state index in [1.807, 2.05) is 36.4 Å². The first-order valence-corrected chi connectivity index (χ1v) is 11.4. The molecular weight excluding hydrogens is 396 g/mol. The highest BCUT2D eigenvalue weighted by Gasteiger charge is 2.51. The number of aromatic nitrogens is 1. The number of hydrogen-bond donors (Lipinski definition) is 1. The highest BCUT2D eigenvalue weighted by Crippen LogP contribution is 2.61. The average Bonchev–Trinajstić information content (AvgIpc) is 3.12. The number of carbonyl (C=O) groups is 1. The Morgan fingerprint density at radius 3 is 2.47 bits per heavy atom. The van der Waals surface area contributed by atoms with Crippen molar-refractivity contribution < 1.29 is 9.21 Å². The predicted octanol–water partition coefficient (Wildman–Crippen LogP) is 6.69. The van der Waals surface area contributed by atoms with Crippen molar-refractivity contribution in [1.82, 2.24) is 4.98 Å². The van der Waals surface area contributed by atoms with Gasteiger partial charge < -0.3 is 9.73 Å². The summed E-state index contributed by atoms with van der Waals surface area (Å²) in [6, 6.07) is 13.2. The van der Waals surface area contributed by atoms with Gasteiger partial charge in [-0.25, -0.2) is 4.98 Å². The van der Waals surface area contributed by atoms with Gasteiger partial charge >= 0.3 is 0 Å². The molecule has 1 aromatic heterocycles. The molecule has 1 heterocycles. The Kier molecular flexibility index (Phi) is 4.21. The summed E-state index contributed by atoms with van der Waals surface area (Å²) in [5.74, 6) is 3.14. The van der Waals surface area contributed by atoms with Gasteiger partial charge in [0.2, 0.25) is 11.8 Å². The predicted molar refractivity (Wildman–Crippen MR) is 118 cm³/mol. The Morgan fingerprint density at radius 1 is 1.07 bits per heavy atom. The molecule has 3 aromatic rings. The van der Waals surface area contributed by atoms with Crippen molar-refractivity contribution in [2.24, 2.45) is 23.2 Å². The molecule has 2 aromatic carbocycles. The molecule has 4 nitrogen and oxygen atoms in total. The van der Waals surface area contributed by atoms with Crippen molar-refractivity contribution in [3.05, 3.63) is 47.5 Å². The lowest BCUT2D eigenvalue weighted by molar-refractivity contribution is -0.124. The minimum Gasteiger partial charge on any atom is -0.436 e. The van der Waals surface area contributed by atoms with E-state index in [2.05, 4.69) is 10.3 Å². The lowest BCUT2D eigenvalue weighted by Crippen LogP contribution is -2.47. The maximum Gasteiger partial charge on any atom is 0.228 e. The zero-order chi connectivity index (χ0) is 20.3. The number of rotatable bonds is 4. The van der Waals surface area contributed by atoms with E-state index in [4.69, 9.17) is 16.0 Å². The van der Waals surface area contributed by atoms with Crippen LogP contribution in [0.3, 0.4) is 0 Å². The van der Waals surface area contributed by atoms with E-state index in [9.17, 15) is 4.79 Å². The molecule has 154 valence electrons. The second-order valence-corrected chi connectivity index (χ2v) is 10.2.